The van der Waals surface area contributed by atoms with E-state index in [4.69, 9.17) is 4.74 Å². The monoisotopic (exact) mass is 319 g/mol. The number of hydrogen-bond acceptors (Lipinski definition) is 2. The van der Waals surface area contributed by atoms with Crippen LogP contribution in [0.15, 0.2) is 0 Å². The number of halogens is 1. The summed E-state index contributed by atoms with van der Waals surface area (Å²) < 4.78 is 5.73. The quantitative estimate of drug-likeness (QED) is 0.791. The second-order valence-electron chi connectivity index (χ2n) is 5.92. The molecule has 1 amide bonds. The third kappa shape index (κ3) is 3.95. The van der Waals surface area contributed by atoms with Crippen LogP contribution in [0.3, 0.4) is 0 Å². The molecule has 1 heterocycles. The maximum atomic E-state index is 12.4. The van der Waals surface area contributed by atoms with E-state index in [1.807, 2.05) is 13.8 Å². The lowest BCUT2D eigenvalue weighted by molar-refractivity contribution is -0.127. The normalized spacial score (nSPS) is 33.7. The van der Waals surface area contributed by atoms with E-state index in [9.17, 15) is 4.79 Å². The van der Waals surface area contributed by atoms with Crippen molar-refractivity contribution in [2.75, 3.05) is 5.33 Å². The average molecular weight is 320 g/mol. The summed E-state index contributed by atoms with van der Waals surface area (Å²) in [6.07, 6.45) is 1.19. The Balaban J connectivity index is 2.58. The Bertz CT molecular complexity index is 283. The van der Waals surface area contributed by atoms with Crippen LogP contribution in [0.25, 0.3) is 0 Å². The lowest BCUT2D eigenvalue weighted by atomic mass is 9.88. The number of amides is 1. The van der Waals surface area contributed by atoms with Crippen LogP contribution >= 0.6 is 15.9 Å². The van der Waals surface area contributed by atoms with E-state index in [-0.39, 0.29) is 36.0 Å². The summed E-state index contributed by atoms with van der Waals surface area (Å²) in [6, 6.07) is 0.216. The van der Waals surface area contributed by atoms with Crippen LogP contribution < -0.4 is 5.32 Å². The van der Waals surface area contributed by atoms with Gasteiger partial charge in [-0.1, -0.05) is 36.7 Å². The highest BCUT2D eigenvalue weighted by Gasteiger charge is 2.41. The molecule has 1 aliphatic rings. The van der Waals surface area contributed by atoms with Gasteiger partial charge in [0.05, 0.1) is 18.1 Å². The van der Waals surface area contributed by atoms with Gasteiger partial charge in [0.15, 0.2) is 0 Å². The second kappa shape index (κ2) is 6.90. The molecule has 0 aromatic rings. The maximum Gasteiger partial charge on any atom is 0.226 e. The molecule has 0 aliphatic carbocycles. The van der Waals surface area contributed by atoms with Gasteiger partial charge in [-0.15, -0.1) is 0 Å². The Labute approximate surface area is 119 Å². The Kier molecular flexibility index (Phi) is 6.12. The van der Waals surface area contributed by atoms with Crippen molar-refractivity contribution in [3.8, 4) is 0 Å². The molecule has 0 spiro atoms. The summed E-state index contributed by atoms with van der Waals surface area (Å²) in [5.74, 6) is 0.995. The van der Waals surface area contributed by atoms with Crippen molar-refractivity contribution in [2.45, 2.75) is 59.3 Å². The van der Waals surface area contributed by atoms with Crippen molar-refractivity contribution in [3.05, 3.63) is 0 Å². The zero-order chi connectivity index (χ0) is 13.9. The number of carbonyl (C=O) groups excluding carboxylic acids is 1. The van der Waals surface area contributed by atoms with E-state index in [1.165, 1.54) is 0 Å². The summed E-state index contributed by atoms with van der Waals surface area (Å²) in [5.41, 5.74) is 0. The molecule has 1 aliphatic heterocycles. The summed E-state index contributed by atoms with van der Waals surface area (Å²) in [6.45, 7) is 10.5. The van der Waals surface area contributed by atoms with Crippen LogP contribution in [0, 0.1) is 17.8 Å². The number of rotatable bonds is 5. The molecule has 1 N–H and O–H groups in total. The third-order valence-corrected chi connectivity index (χ3v) is 4.61. The van der Waals surface area contributed by atoms with Gasteiger partial charge < -0.3 is 10.1 Å². The summed E-state index contributed by atoms with van der Waals surface area (Å²) in [5, 5.41) is 3.96. The van der Waals surface area contributed by atoms with Crippen molar-refractivity contribution in [2.24, 2.45) is 17.8 Å². The molecule has 0 saturated carbocycles. The summed E-state index contributed by atoms with van der Waals surface area (Å²) in [4.78, 5) is 12.4. The van der Waals surface area contributed by atoms with Crippen molar-refractivity contribution in [1.82, 2.24) is 5.32 Å². The van der Waals surface area contributed by atoms with Crippen LogP contribution in [0.1, 0.15) is 41.0 Å². The number of hydrogen-bond donors (Lipinski definition) is 1. The average Bonchev–Trinajstić information content (AvgIpc) is 2.51. The van der Waals surface area contributed by atoms with Gasteiger partial charge in [-0.05, 0) is 32.1 Å². The van der Waals surface area contributed by atoms with Crippen LogP contribution in [0.4, 0.5) is 0 Å². The highest BCUT2D eigenvalue weighted by Crippen LogP contribution is 2.32. The Morgan fingerprint density at radius 2 is 1.89 bits per heavy atom. The van der Waals surface area contributed by atoms with E-state index < -0.39 is 0 Å². The van der Waals surface area contributed by atoms with Crippen LogP contribution in [0.5, 0.6) is 0 Å². The Hall–Kier alpha value is -0.0900. The van der Waals surface area contributed by atoms with Crippen LogP contribution in [0.2, 0.25) is 0 Å². The predicted molar refractivity (Wildman–Crippen MR) is 77.8 cm³/mol. The molecule has 4 heteroatoms. The minimum Gasteiger partial charge on any atom is -0.374 e. The third-order valence-electron chi connectivity index (χ3n) is 3.83. The molecule has 1 fully saturated rings. The molecule has 18 heavy (non-hydrogen) atoms. The molecular formula is C14H26BrNO2. The van der Waals surface area contributed by atoms with E-state index >= 15 is 0 Å². The Morgan fingerprint density at radius 3 is 2.28 bits per heavy atom. The highest BCUT2D eigenvalue weighted by atomic mass is 79.9. The largest absolute Gasteiger partial charge is 0.374 e. The molecular weight excluding hydrogens is 294 g/mol. The molecule has 1 saturated heterocycles. The first-order chi connectivity index (χ1) is 8.36. The fraction of sp³-hybridized carbons (Fsp3) is 0.929. The predicted octanol–water partition coefficient (Wildman–Crippen LogP) is 2.97. The van der Waals surface area contributed by atoms with Crippen molar-refractivity contribution >= 4 is 21.8 Å². The van der Waals surface area contributed by atoms with Gasteiger partial charge in [-0.3, -0.25) is 4.79 Å². The van der Waals surface area contributed by atoms with Gasteiger partial charge in [0, 0.05) is 11.4 Å². The zero-order valence-electron chi connectivity index (χ0n) is 12.1. The minimum absolute atomic E-state index is 0.0185. The SMILES string of the molecule is CC(C)CC(CBr)NC(=O)C1C(C)OC(C)C1C. The summed E-state index contributed by atoms with van der Waals surface area (Å²) >= 11 is 3.48. The Morgan fingerprint density at radius 1 is 1.28 bits per heavy atom. The number of carbonyl (C=O) groups is 1. The molecule has 5 atom stereocenters. The van der Waals surface area contributed by atoms with Gasteiger partial charge in [-0.2, -0.15) is 0 Å². The number of alkyl halides is 1. The summed E-state index contributed by atoms with van der Waals surface area (Å²) in [7, 11) is 0. The van der Waals surface area contributed by atoms with Crippen LogP contribution in [-0.4, -0.2) is 29.5 Å². The molecule has 106 valence electrons. The fourth-order valence-corrected chi connectivity index (χ4v) is 3.17. The molecule has 5 unspecified atom stereocenters. The van der Waals surface area contributed by atoms with E-state index in [1.54, 1.807) is 0 Å². The van der Waals surface area contributed by atoms with Gasteiger partial charge >= 0.3 is 0 Å². The lowest BCUT2D eigenvalue weighted by Gasteiger charge is -2.23. The van der Waals surface area contributed by atoms with Gasteiger partial charge in [0.2, 0.25) is 5.91 Å². The first-order valence-corrected chi connectivity index (χ1v) is 8.00. The maximum absolute atomic E-state index is 12.4. The first kappa shape index (κ1) is 16.0. The topological polar surface area (TPSA) is 38.3 Å². The van der Waals surface area contributed by atoms with Gasteiger partial charge in [0.25, 0.3) is 0 Å². The van der Waals surface area contributed by atoms with Crippen molar-refractivity contribution < 1.29 is 9.53 Å². The minimum atomic E-state index is -0.0197. The standard InChI is InChI=1S/C14H26BrNO2/c1-8(2)6-12(7-15)16-14(17)13-9(3)10(4)18-11(13)5/h8-13H,6-7H2,1-5H3,(H,16,17). The van der Waals surface area contributed by atoms with E-state index in [0.717, 1.165) is 11.8 Å². The molecule has 3 nitrogen and oxygen atoms in total. The van der Waals surface area contributed by atoms with E-state index in [2.05, 4.69) is 42.0 Å². The van der Waals surface area contributed by atoms with Gasteiger partial charge in [-0.25, -0.2) is 0 Å². The molecule has 0 bridgehead atoms. The van der Waals surface area contributed by atoms with Crippen molar-refractivity contribution in [1.29, 1.82) is 0 Å². The molecule has 0 aromatic carbocycles. The zero-order valence-corrected chi connectivity index (χ0v) is 13.7. The smallest absolute Gasteiger partial charge is 0.226 e. The fourth-order valence-electron chi connectivity index (χ4n) is 2.75. The molecule has 0 aromatic heterocycles. The second-order valence-corrected chi connectivity index (χ2v) is 6.57. The molecule has 0 radical (unpaired) electrons. The first-order valence-electron chi connectivity index (χ1n) is 6.88. The number of ether oxygens (including phenoxy) is 1. The lowest BCUT2D eigenvalue weighted by Crippen LogP contribution is -2.44. The van der Waals surface area contributed by atoms with Gasteiger partial charge in [0.1, 0.15) is 0 Å². The van der Waals surface area contributed by atoms with Crippen LogP contribution in [-0.2, 0) is 9.53 Å². The van der Waals surface area contributed by atoms with Crippen molar-refractivity contribution in [3.63, 3.8) is 0 Å². The highest BCUT2D eigenvalue weighted by molar-refractivity contribution is 9.09. The molecule has 1 rings (SSSR count). The van der Waals surface area contributed by atoms with E-state index in [0.29, 0.717) is 5.92 Å². The number of nitrogens with one attached hydrogen (secondary N) is 1.